The average Bonchev–Trinajstić information content (AvgIpc) is 3.17. The maximum absolute atomic E-state index is 5.92. The summed E-state index contributed by atoms with van der Waals surface area (Å²) in [4.78, 5) is 21.5. The van der Waals surface area contributed by atoms with Gasteiger partial charge in [0.1, 0.15) is 16.3 Å². The zero-order valence-corrected chi connectivity index (χ0v) is 12.7. The molecule has 4 rings (SSSR count). The number of aromatic nitrogens is 5. The van der Waals surface area contributed by atoms with Crippen molar-refractivity contribution >= 4 is 33.9 Å². The summed E-state index contributed by atoms with van der Waals surface area (Å²) in [5.74, 6) is 1.07. The highest BCUT2D eigenvalue weighted by molar-refractivity contribution is 7.12. The molecule has 0 fully saturated rings. The molecule has 0 unspecified atom stereocenters. The molecule has 4 heterocycles. The third-order valence-corrected chi connectivity index (χ3v) is 4.64. The molecular weight excluding hydrogens is 298 g/mol. The Bertz CT molecular complexity index is 848. The van der Waals surface area contributed by atoms with Gasteiger partial charge in [-0.25, -0.2) is 19.9 Å². The SMILES string of the molecule is Nc1nc(Cc2ncc(C3=CCCNC3)s2)nc2nc[nH]c12. The maximum Gasteiger partial charge on any atom is 0.183 e. The minimum atomic E-state index is 0.425. The van der Waals surface area contributed by atoms with E-state index in [1.165, 1.54) is 10.5 Å². The minimum absolute atomic E-state index is 0.425. The molecule has 0 spiro atoms. The van der Waals surface area contributed by atoms with E-state index in [2.05, 4.69) is 36.3 Å². The number of thiazole rings is 1. The molecule has 1 aliphatic heterocycles. The minimum Gasteiger partial charge on any atom is -0.382 e. The van der Waals surface area contributed by atoms with Gasteiger partial charge in [-0.1, -0.05) is 6.08 Å². The molecule has 112 valence electrons. The van der Waals surface area contributed by atoms with Crippen molar-refractivity contribution in [2.75, 3.05) is 18.8 Å². The first-order valence-corrected chi connectivity index (χ1v) is 7.91. The van der Waals surface area contributed by atoms with E-state index in [-0.39, 0.29) is 0 Å². The van der Waals surface area contributed by atoms with Crippen molar-refractivity contribution in [3.8, 4) is 0 Å². The second kappa shape index (κ2) is 5.47. The van der Waals surface area contributed by atoms with Crippen LogP contribution in [0.25, 0.3) is 16.7 Å². The fourth-order valence-corrected chi connectivity index (χ4v) is 3.44. The van der Waals surface area contributed by atoms with Crippen LogP contribution < -0.4 is 11.1 Å². The van der Waals surface area contributed by atoms with Gasteiger partial charge in [-0.05, 0) is 18.5 Å². The summed E-state index contributed by atoms with van der Waals surface area (Å²) in [5, 5.41) is 4.36. The molecule has 3 aromatic rings. The van der Waals surface area contributed by atoms with Gasteiger partial charge in [-0.2, -0.15) is 0 Å². The molecule has 0 radical (unpaired) electrons. The molecule has 0 aromatic carbocycles. The standard InChI is InChI=1S/C14H15N7S/c15-13-12-14(19-7-18-12)21-10(20-13)4-11-17-6-9(22-11)8-2-1-3-16-5-8/h2,6-7,16H,1,3-5H2,(H3,15,18,19,20,21). The number of nitrogen functional groups attached to an aromatic ring is 1. The van der Waals surface area contributed by atoms with Crippen LogP contribution in [0.3, 0.4) is 0 Å². The molecular formula is C14H15N7S. The summed E-state index contributed by atoms with van der Waals surface area (Å²) < 4.78 is 0. The number of nitrogens with one attached hydrogen (secondary N) is 2. The molecule has 7 nitrogen and oxygen atoms in total. The van der Waals surface area contributed by atoms with Gasteiger partial charge >= 0.3 is 0 Å². The van der Waals surface area contributed by atoms with Crippen LogP contribution in [-0.4, -0.2) is 38.0 Å². The van der Waals surface area contributed by atoms with Crippen LogP contribution in [-0.2, 0) is 6.42 Å². The van der Waals surface area contributed by atoms with E-state index >= 15 is 0 Å². The van der Waals surface area contributed by atoms with Crippen LogP contribution in [0.15, 0.2) is 18.6 Å². The fraction of sp³-hybridized carbons (Fsp3) is 0.286. The van der Waals surface area contributed by atoms with Crippen LogP contribution in [0.2, 0.25) is 0 Å². The van der Waals surface area contributed by atoms with Crippen molar-refractivity contribution in [1.82, 2.24) is 30.2 Å². The van der Waals surface area contributed by atoms with Crippen molar-refractivity contribution in [2.24, 2.45) is 0 Å². The number of aromatic amines is 1. The Hall–Kier alpha value is -2.32. The number of nitrogens with two attached hydrogens (primary N) is 1. The van der Waals surface area contributed by atoms with Crippen molar-refractivity contribution in [3.63, 3.8) is 0 Å². The lowest BCUT2D eigenvalue weighted by atomic mass is 10.1. The monoisotopic (exact) mass is 313 g/mol. The Morgan fingerprint density at radius 3 is 3.09 bits per heavy atom. The lowest BCUT2D eigenvalue weighted by Gasteiger charge is -2.11. The third-order valence-electron chi connectivity index (χ3n) is 3.57. The summed E-state index contributed by atoms with van der Waals surface area (Å²) in [5.41, 5.74) is 8.52. The van der Waals surface area contributed by atoms with Crippen molar-refractivity contribution in [3.05, 3.63) is 34.3 Å². The number of fused-ring (bicyclic) bond motifs is 1. The fourth-order valence-electron chi connectivity index (χ4n) is 2.49. The second-order valence-electron chi connectivity index (χ2n) is 5.12. The summed E-state index contributed by atoms with van der Waals surface area (Å²) in [6.45, 7) is 1.95. The number of anilines is 1. The van der Waals surface area contributed by atoms with Gasteiger partial charge in [0.15, 0.2) is 11.5 Å². The number of hydrogen-bond acceptors (Lipinski definition) is 7. The molecule has 0 atom stereocenters. The molecule has 22 heavy (non-hydrogen) atoms. The number of H-pyrrole nitrogens is 1. The largest absolute Gasteiger partial charge is 0.382 e. The van der Waals surface area contributed by atoms with E-state index in [9.17, 15) is 0 Å². The normalized spacial score (nSPS) is 15.2. The van der Waals surface area contributed by atoms with Crippen LogP contribution in [0, 0.1) is 0 Å². The Morgan fingerprint density at radius 1 is 1.27 bits per heavy atom. The molecule has 0 saturated heterocycles. The molecule has 3 aromatic heterocycles. The maximum atomic E-state index is 5.92. The van der Waals surface area contributed by atoms with Crippen molar-refractivity contribution in [1.29, 1.82) is 0 Å². The summed E-state index contributed by atoms with van der Waals surface area (Å²) >= 11 is 1.68. The number of nitrogens with zero attached hydrogens (tertiary/aromatic N) is 4. The first kappa shape index (κ1) is 13.4. The van der Waals surface area contributed by atoms with E-state index < -0.39 is 0 Å². The molecule has 0 saturated carbocycles. The number of rotatable bonds is 3. The highest BCUT2D eigenvalue weighted by atomic mass is 32.1. The quantitative estimate of drug-likeness (QED) is 0.674. The summed E-state index contributed by atoms with van der Waals surface area (Å²) in [7, 11) is 0. The smallest absolute Gasteiger partial charge is 0.183 e. The predicted octanol–water partition coefficient (Wildman–Crippen LogP) is 1.36. The van der Waals surface area contributed by atoms with Gasteiger partial charge in [-0.3, -0.25) is 0 Å². The Labute approximate surface area is 130 Å². The van der Waals surface area contributed by atoms with Crippen LogP contribution in [0.1, 0.15) is 22.1 Å². The van der Waals surface area contributed by atoms with Crippen molar-refractivity contribution in [2.45, 2.75) is 12.8 Å². The number of hydrogen-bond donors (Lipinski definition) is 3. The molecule has 1 aliphatic rings. The van der Waals surface area contributed by atoms with Gasteiger partial charge in [-0.15, -0.1) is 11.3 Å². The topological polar surface area (TPSA) is 105 Å². The zero-order valence-electron chi connectivity index (χ0n) is 11.8. The van der Waals surface area contributed by atoms with E-state index in [4.69, 9.17) is 5.73 Å². The molecule has 0 bridgehead atoms. The summed E-state index contributed by atoms with van der Waals surface area (Å²) in [6, 6.07) is 0. The molecule has 8 heteroatoms. The van der Waals surface area contributed by atoms with Gasteiger partial charge in [0.2, 0.25) is 0 Å². The Balaban J connectivity index is 1.60. The highest BCUT2D eigenvalue weighted by Crippen LogP contribution is 2.25. The first-order valence-electron chi connectivity index (χ1n) is 7.10. The molecule has 0 amide bonds. The van der Waals surface area contributed by atoms with Crippen molar-refractivity contribution < 1.29 is 0 Å². The lowest BCUT2D eigenvalue weighted by molar-refractivity contribution is 0.740. The van der Waals surface area contributed by atoms with Crippen LogP contribution in [0.5, 0.6) is 0 Å². The van der Waals surface area contributed by atoms with E-state index in [1.54, 1.807) is 17.7 Å². The second-order valence-corrected chi connectivity index (χ2v) is 6.23. The van der Waals surface area contributed by atoms with E-state index in [0.717, 1.165) is 24.5 Å². The zero-order chi connectivity index (χ0) is 14.9. The Morgan fingerprint density at radius 2 is 2.23 bits per heavy atom. The van der Waals surface area contributed by atoms with Gasteiger partial charge in [0.25, 0.3) is 0 Å². The first-order chi connectivity index (χ1) is 10.8. The van der Waals surface area contributed by atoms with E-state index in [0.29, 0.717) is 29.2 Å². The third kappa shape index (κ3) is 2.46. The predicted molar refractivity (Wildman–Crippen MR) is 86.5 cm³/mol. The van der Waals surface area contributed by atoms with Crippen LogP contribution >= 0.6 is 11.3 Å². The van der Waals surface area contributed by atoms with Gasteiger partial charge < -0.3 is 16.0 Å². The van der Waals surface area contributed by atoms with Gasteiger partial charge in [0, 0.05) is 12.7 Å². The van der Waals surface area contributed by atoms with Gasteiger partial charge in [0.05, 0.1) is 17.6 Å². The summed E-state index contributed by atoms with van der Waals surface area (Å²) in [6.07, 6.45) is 7.41. The van der Waals surface area contributed by atoms with E-state index in [1.807, 2.05) is 6.20 Å². The molecule has 0 aliphatic carbocycles. The lowest BCUT2D eigenvalue weighted by Crippen LogP contribution is -2.21. The number of imidazole rings is 1. The van der Waals surface area contributed by atoms with Crippen LogP contribution in [0.4, 0.5) is 5.82 Å². The highest BCUT2D eigenvalue weighted by Gasteiger charge is 2.12. The molecule has 4 N–H and O–H groups in total. The Kier molecular flexibility index (Phi) is 3.32. The average molecular weight is 313 g/mol.